The number of benzene rings is 2. The van der Waals surface area contributed by atoms with Gasteiger partial charge in [0.2, 0.25) is 5.88 Å². The van der Waals surface area contributed by atoms with E-state index in [2.05, 4.69) is 25.9 Å². The third-order valence-corrected chi connectivity index (χ3v) is 4.84. The van der Waals surface area contributed by atoms with Crippen LogP contribution in [-0.4, -0.2) is 20.4 Å². The Morgan fingerprint density at radius 1 is 1.15 bits per heavy atom. The monoisotopic (exact) mass is 423 g/mol. The first kappa shape index (κ1) is 17.2. The van der Waals surface area contributed by atoms with Crippen LogP contribution >= 0.6 is 15.9 Å². The van der Waals surface area contributed by atoms with Crippen molar-refractivity contribution in [1.29, 1.82) is 0 Å². The van der Waals surface area contributed by atoms with Gasteiger partial charge in [-0.15, -0.1) is 0 Å². The summed E-state index contributed by atoms with van der Waals surface area (Å²) in [4.78, 5) is 31.5. The number of aliphatic imine (C=N–C) groups is 1. The zero-order valence-electron chi connectivity index (χ0n) is 14.2. The summed E-state index contributed by atoms with van der Waals surface area (Å²) in [7, 11) is 0. The molecule has 7 heteroatoms. The van der Waals surface area contributed by atoms with Crippen molar-refractivity contribution in [2.45, 2.75) is 6.92 Å². The Kier molecular flexibility index (Phi) is 4.16. The van der Waals surface area contributed by atoms with E-state index in [1.165, 1.54) is 0 Å². The van der Waals surface area contributed by atoms with Gasteiger partial charge in [-0.2, -0.15) is 0 Å². The van der Waals surface area contributed by atoms with Gasteiger partial charge in [0, 0.05) is 21.3 Å². The van der Waals surface area contributed by atoms with Gasteiger partial charge in [0.15, 0.2) is 0 Å². The Balaban J connectivity index is 1.96. The van der Waals surface area contributed by atoms with Crippen LogP contribution in [0.2, 0.25) is 0 Å². The Bertz CT molecular complexity index is 1250. The molecule has 2 N–H and O–H groups in total. The molecular formula is C20H14BrN3O3. The van der Waals surface area contributed by atoms with Crippen molar-refractivity contribution in [2.75, 3.05) is 0 Å². The number of H-pyrrole nitrogens is 1. The van der Waals surface area contributed by atoms with Crippen LogP contribution in [-0.2, 0) is 0 Å². The van der Waals surface area contributed by atoms with E-state index in [1.54, 1.807) is 30.3 Å². The summed E-state index contributed by atoms with van der Waals surface area (Å²) >= 11 is 3.34. The Morgan fingerprint density at radius 3 is 2.70 bits per heavy atom. The minimum absolute atomic E-state index is 0.00386. The fourth-order valence-corrected chi connectivity index (χ4v) is 3.47. The second-order valence-electron chi connectivity index (χ2n) is 6.08. The molecule has 0 fully saturated rings. The summed E-state index contributed by atoms with van der Waals surface area (Å²) in [6.07, 6.45) is 1.56. The summed E-state index contributed by atoms with van der Waals surface area (Å²) in [6.45, 7) is 1.83. The number of nitrogens with zero attached hydrogens (tertiary/aromatic N) is 2. The number of aromatic amines is 1. The van der Waals surface area contributed by atoms with E-state index < -0.39 is 17.1 Å². The largest absolute Gasteiger partial charge is 0.494 e. The van der Waals surface area contributed by atoms with Crippen LogP contribution in [0.3, 0.4) is 0 Å². The standard InChI is InChI=1S/C20H14BrN3O3/c1-11-15(14-7-2-3-8-17(14)22-11)10-16-18(25)23-20(27)24(19(16)26)13-6-4-5-12(21)9-13/h2-10,26H,1H3,(H,23,25,27)/b15-10-. The van der Waals surface area contributed by atoms with Gasteiger partial charge in [0.05, 0.1) is 11.4 Å². The summed E-state index contributed by atoms with van der Waals surface area (Å²) in [6, 6.07) is 14.4. The molecule has 2 aromatic carbocycles. The molecule has 0 saturated heterocycles. The number of para-hydroxylation sites is 1. The predicted octanol–water partition coefficient (Wildman–Crippen LogP) is 3.64. The predicted molar refractivity (Wildman–Crippen MR) is 109 cm³/mol. The second-order valence-corrected chi connectivity index (χ2v) is 7.00. The fourth-order valence-electron chi connectivity index (χ4n) is 3.08. The van der Waals surface area contributed by atoms with E-state index in [0.717, 1.165) is 31.6 Å². The highest BCUT2D eigenvalue weighted by molar-refractivity contribution is 9.10. The number of fused-ring (bicyclic) bond motifs is 1. The van der Waals surface area contributed by atoms with Crippen LogP contribution < -0.4 is 11.2 Å². The van der Waals surface area contributed by atoms with Crippen molar-refractivity contribution < 1.29 is 5.11 Å². The van der Waals surface area contributed by atoms with Crippen molar-refractivity contribution >= 4 is 39.0 Å². The van der Waals surface area contributed by atoms with Crippen molar-refractivity contribution in [1.82, 2.24) is 9.55 Å². The number of aromatic hydroxyl groups is 1. The Morgan fingerprint density at radius 2 is 1.93 bits per heavy atom. The van der Waals surface area contributed by atoms with E-state index in [9.17, 15) is 14.7 Å². The van der Waals surface area contributed by atoms with Crippen LogP contribution in [0.5, 0.6) is 5.88 Å². The average molecular weight is 424 g/mol. The lowest BCUT2D eigenvalue weighted by Gasteiger charge is -2.11. The second kappa shape index (κ2) is 6.51. The lowest BCUT2D eigenvalue weighted by molar-refractivity contribution is 0.429. The maximum atomic E-state index is 12.4. The molecule has 0 bridgehead atoms. The van der Waals surface area contributed by atoms with Gasteiger partial charge in [-0.05, 0) is 37.3 Å². The normalized spacial score (nSPS) is 14.3. The lowest BCUT2D eigenvalue weighted by Crippen LogP contribution is -2.30. The van der Waals surface area contributed by atoms with Gasteiger partial charge >= 0.3 is 5.69 Å². The number of rotatable bonds is 2. The van der Waals surface area contributed by atoms with Gasteiger partial charge in [0.25, 0.3) is 5.56 Å². The van der Waals surface area contributed by atoms with Gasteiger partial charge < -0.3 is 5.11 Å². The molecule has 0 unspecified atom stereocenters. The third kappa shape index (κ3) is 2.96. The molecule has 134 valence electrons. The van der Waals surface area contributed by atoms with Crippen molar-refractivity contribution in [2.24, 2.45) is 4.99 Å². The zero-order chi connectivity index (χ0) is 19.1. The van der Waals surface area contributed by atoms with Crippen LogP contribution in [0.4, 0.5) is 5.69 Å². The first-order chi connectivity index (χ1) is 13.0. The van der Waals surface area contributed by atoms with Gasteiger partial charge in [-0.3, -0.25) is 14.8 Å². The highest BCUT2D eigenvalue weighted by Crippen LogP contribution is 2.36. The smallest absolute Gasteiger partial charge is 0.335 e. The number of aromatic nitrogens is 2. The van der Waals surface area contributed by atoms with Crippen molar-refractivity contribution in [3.8, 4) is 11.6 Å². The number of hydrogen-bond acceptors (Lipinski definition) is 4. The number of allylic oxidation sites excluding steroid dienone is 1. The molecule has 1 aliphatic rings. The topological polar surface area (TPSA) is 87.4 Å². The van der Waals surface area contributed by atoms with Gasteiger partial charge in [-0.25, -0.2) is 9.36 Å². The highest BCUT2D eigenvalue weighted by Gasteiger charge is 2.20. The lowest BCUT2D eigenvalue weighted by atomic mass is 10.0. The first-order valence-corrected chi connectivity index (χ1v) is 8.96. The molecule has 0 amide bonds. The SMILES string of the molecule is CC1=Nc2ccccc2/C1=C\c1c(O)n(-c2cccc(Br)c2)c(=O)[nH]c1=O. The number of halogens is 1. The molecule has 0 spiro atoms. The molecule has 6 nitrogen and oxygen atoms in total. The van der Waals surface area contributed by atoms with E-state index in [0.29, 0.717) is 5.69 Å². The van der Waals surface area contributed by atoms with Crippen LogP contribution in [0.25, 0.3) is 17.3 Å². The number of nitrogens with one attached hydrogen (secondary N) is 1. The van der Waals surface area contributed by atoms with Gasteiger partial charge in [-0.1, -0.05) is 40.2 Å². The highest BCUT2D eigenvalue weighted by atomic mass is 79.9. The first-order valence-electron chi connectivity index (χ1n) is 8.16. The van der Waals surface area contributed by atoms with E-state index in [4.69, 9.17) is 0 Å². The molecule has 0 radical (unpaired) electrons. The summed E-state index contributed by atoms with van der Waals surface area (Å²) < 4.78 is 1.80. The number of hydrogen-bond donors (Lipinski definition) is 2. The summed E-state index contributed by atoms with van der Waals surface area (Å²) in [5, 5.41) is 10.7. The molecule has 0 aliphatic carbocycles. The van der Waals surface area contributed by atoms with Crippen LogP contribution in [0, 0.1) is 0 Å². The molecule has 1 aliphatic heterocycles. The molecule has 0 atom stereocenters. The molecular weight excluding hydrogens is 410 g/mol. The van der Waals surface area contributed by atoms with Crippen LogP contribution in [0.1, 0.15) is 18.1 Å². The maximum Gasteiger partial charge on any atom is 0.335 e. The molecule has 1 aromatic heterocycles. The van der Waals surface area contributed by atoms with Crippen LogP contribution in [0.15, 0.2) is 67.6 Å². The third-order valence-electron chi connectivity index (χ3n) is 4.35. The molecule has 27 heavy (non-hydrogen) atoms. The van der Waals surface area contributed by atoms with Crippen molar-refractivity contribution in [3.63, 3.8) is 0 Å². The zero-order valence-corrected chi connectivity index (χ0v) is 15.8. The van der Waals surface area contributed by atoms with Crippen molar-refractivity contribution in [3.05, 3.63) is 85.0 Å². The summed E-state index contributed by atoms with van der Waals surface area (Å²) in [5.41, 5.74) is 2.19. The van der Waals surface area contributed by atoms with E-state index >= 15 is 0 Å². The fraction of sp³-hybridized carbons (Fsp3) is 0.0500. The molecule has 4 rings (SSSR count). The van der Waals surface area contributed by atoms with E-state index in [1.807, 2.05) is 31.2 Å². The minimum Gasteiger partial charge on any atom is -0.494 e. The molecule has 2 heterocycles. The molecule has 3 aromatic rings. The summed E-state index contributed by atoms with van der Waals surface area (Å²) in [5.74, 6) is -0.425. The average Bonchev–Trinajstić information content (AvgIpc) is 2.93. The van der Waals surface area contributed by atoms with E-state index in [-0.39, 0.29) is 5.56 Å². The quantitative estimate of drug-likeness (QED) is 0.659. The Hall–Kier alpha value is -3.19. The molecule has 0 saturated carbocycles. The van der Waals surface area contributed by atoms with Gasteiger partial charge in [0.1, 0.15) is 5.56 Å². The maximum absolute atomic E-state index is 12.4. The Labute approximate surface area is 162 Å². The minimum atomic E-state index is -0.713.